The van der Waals surface area contributed by atoms with Crippen molar-refractivity contribution in [2.45, 2.75) is 120 Å². The topological polar surface area (TPSA) is 123 Å². The molecule has 40 heavy (non-hydrogen) atoms. The molecule has 0 radical (unpaired) electrons. The number of carbonyl (C=O) groups is 3. The van der Waals surface area contributed by atoms with Crippen molar-refractivity contribution in [2.24, 2.45) is 23.7 Å². The van der Waals surface area contributed by atoms with Gasteiger partial charge in [-0.15, -0.1) is 0 Å². The van der Waals surface area contributed by atoms with Crippen LogP contribution in [-0.4, -0.2) is 98.5 Å². The number of amides is 3. The lowest BCUT2D eigenvalue weighted by atomic mass is 9.64. The van der Waals surface area contributed by atoms with Crippen molar-refractivity contribution in [3.63, 3.8) is 0 Å². The van der Waals surface area contributed by atoms with Gasteiger partial charge in [-0.1, -0.05) is 0 Å². The highest BCUT2D eigenvalue weighted by Crippen LogP contribution is 2.53. The predicted molar refractivity (Wildman–Crippen MR) is 146 cm³/mol. The van der Waals surface area contributed by atoms with Crippen LogP contribution in [0.2, 0.25) is 0 Å². The van der Waals surface area contributed by atoms with E-state index in [0.717, 1.165) is 70.8 Å². The largest absolute Gasteiger partial charge is 0.379 e. The van der Waals surface area contributed by atoms with Gasteiger partial charge in [-0.25, -0.2) is 0 Å². The lowest BCUT2D eigenvalue weighted by molar-refractivity contribution is -0.713. The first kappa shape index (κ1) is 28.4. The lowest BCUT2D eigenvalue weighted by Gasteiger charge is -2.53. The third-order valence-electron chi connectivity index (χ3n) is 11.3. The first-order chi connectivity index (χ1) is 19.4. The molecule has 3 saturated heterocycles. The zero-order valence-electron chi connectivity index (χ0n) is 24.4. The summed E-state index contributed by atoms with van der Waals surface area (Å²) in [4.78, 5) is 40.5. The number of fused-ring (bicyclic) bond motifs is 5. The molecule has 10 heteroatoms. The van der Waals surface area contributed by atoms with Crippen LogP contribution in [0.3, 0.4) is 0 Å². The molecule has 3 amide bonds. The molecular weight excluding hydrogens is 512 g/mol. The maximum atomic E-state index is 14.2. The van der Waals surface area contributed by atoms with Crippen LogP contribution >= 0.6 is 0 Å². The minimum Gasteiger partial charge on any atom is -0.379 e. The number of methoxy groups -OCH3 is 2. The molecule has 0 aromatic heterocycles. The zero-order valence-corrected chi connectivity index (χ0v) is 24.4. The summed E-state index contributed by atoms with van der Waals surface area (Å²) in [5, 5.41) is 8.66. The highest BCUT2D eigenvalue weighted by atomic mass is 16.5. The predicted octanol–water partition coefficient (Wildman–Crippen LogP) is 0.336. The standard InChI is InChI=1S/C30H48N4O6/c1-16(35)32-17-4-6-18(7-5-17)33-25(36)15-40-19-8-10-23-22(14-19)20-12-13-31-27-21-9-11-24(38-2)29(39-3)26(21)30(37)34(23)28(20)27/h17-24,26-29,31H,4-15H2,1-3H3,(H,32,35)(H,33,36)/p+1. The lowest BCUT2D eigenvalue weighted by Crippen LogP contribution is -2.99. The second-order valence-electron chi connectivity index (χ2n) is 13.3. The molecule has 4 N–H and O–H groups in total. The molecule has 10 atom stereocenters. The van der Waals surface area contributed by atoms with Crippen LogP contribution < -0.4 is 16.0 Å². The molecular formula is C30H49N4O6+. The van der Waals surface area contributed by atoms with Crippen molar-refractivity contribution >= 4 is 17.7 Å². The first-order valence-electron chi connectivity index (χ1n) is 15.8. The Labute approximate surface area is 238 Å². The van der Waals surface area contributed by atoms with Gasteiger partial charge in [0.15, 0.2) is 0 Å². The van der Waals surface area contributed by atoms with Crippen LogP contribution in [-0.2, 0) is 28.6 Å². The zero-order chi connectivity index (χ0) is 28.0. The Morgan fingerprint density at radius 3 is 2.35 bits per heavy atom. The second kappa shape index (κ2) is 11.9. The summed E-state index contributed by atoms with van der Waals surface area (Å²) in [6.45, 7) is 2.77. The Morgan fingerprint density at radius 2 is 1.65 bits per heavy atom. The molecule has 10 nitrogen and oxygen atoms in total. The first-order valence-corrected chi connectivity index (χ1v) is 15.8. The summed E-state index contributed by atoms with van der Waals surface area (Å²) in [6, 6.07) is 1.39. The molecule has 6 aliphatic rings. The van der Waals surface area contributed by atoms with Gasteiger partial charge in [0.2, 0.25) is 17.7 Å². The van der Waals surface area contributed by atoms with Gasteiger partial charge in [0.1, 0.15) is 12.6 Å². The van der Waals surface area contributed by atoms with Crippen LogP contribution in [0.4, 0.5) is 0 Å². The van der Waals surface area contributed by atoms with E-state index >= 15 is 0 Å². The smallest absolute Gasteiger partial charge is 0.246 e. The van der Waals surface area contributed by atoms with Gasteiger partial charge >= 0.3 is 0 Å². The van der Waals surface area contributed by atoms with Crippen molar-refractivity contribution in [3.05, 3.63) is 0 Å². The van der Waals surface area contributed by atoms with Crippen molar-refractivity contribution in [2.75, 3.05) is 27.4 Å². The van der Waals surface area contributed by atoms with E-state index in [-0.39, 0.29) is 60.8 Å². The molecule has 0 bridgehead atoms. The highest BCUT2D eigenvalue weighted by Gasteiger charge is 2.66. The fourth-order valence-electron chi connectivity index (χ4n) is 9.79. The summed E-state index contributed by atoms with van der Waals surface area (Å²) < 4.78 is 17.9. The number of hydrogen-bond donors (Lipinski definition) is 3. The molecule has 6 fully saturated rings. The Hall–Kier alpha value is -1.75. The van der Waals surface area contributed by atoms with Gasteiger partial charge < -0.3 is 35.1 Å². The monoisotopic (exact) mass is 561 g/mol. The van der Waals surface area contributed by atoms with E-state index < -0.39 is 0 Å². The van der Waals surface area contributed by atoms with Crippen molar-refractivity contribution < 1.29 is 33.9 Å². The number of piperidine rings is 2. The average Bonchev–Trinajstić information content (AvgIpc) is 3.29. The Morgan fingerprint density at radius 1 is 0.900 bits per heavy atom. The summed E-state index contributed by atoms with van der Waals surface area (Å²) >= 11 is 0. The molecule has 3 saturated carbocycles. The number of nitrogens with zero attached hydrogens (tertiary/aromatic N) is 1. The Balaban J connectivity index is 1.06. The summed E-state index contributed by atoms with van der Waals surface area (Å²) in [5.41, 5.74) is 0. The fraction of sp³-hybridized carbons (Fsp3) is 0.900. The molecule has 3 aliphatic heterocycles. The van der Waals surface area contributed by atoms with Crippen molar-refractivity contribution in [3.8, 4) is 0 Å². The fourth-order valence-corrected chi connectivity index (χ4v) is 9.79. The molecule has 0 aromatic carbocycles. The number of ether oxygens (including phenoxy) is 3. The Bertz CT molecular complexity index is 956. The van der Waals surface area contributed by atoms with E-state index in [2.05, 4.69) is 20.9 Å². The van der Waals surface area contributed by atoms with Crippen LogP contribution in [0.15, 0.2) is 0 Å². The third-order valence-corrected chi connectivity index (χ3v) is 11.3. The minimum atomic E-state index is -0.177. The number of carbonyl (C=O) groups excluding carboxylic acids is 3. The molecule has 3 aliphatic carbocycles. The summed E-state index contributed by atoms with van der Waals surface area (Å²) in [6.07, 6.45) is 9.30. The number of nitrogens with two attached hydrogens (primary N) is 1. The minimum absolute atomic E-state index is 0.0115. The van der Waals surface area contributed by atoms with Gasteiger partial charge in [-0.3, -0.25) is 14.4 Å². The maximum absolute atomic E-state index is 14.2. The molecule has 0 aromatic rings. The quantitative estimate of drug-likeness (QED) is 0.412. The maximum Gasteiger partial charge on any atom is 0.246 e. The van der Waals surface area contributed by atoms with E-state index in [1.165, 1.54) is 0 Å². The Kier molecular flexibility index (Phi) is 8.41. The third kappa shape index (κ3) is 5.18. The van der Waals surface area contributed by atoms with Gasteiger partial charge in [0, 0.05) is 51.6 Å². The van der Waals surface area contributed by atoms with Crippen LogP contribution in [0, 0.1) is 23.7 Å². The van der Waals surface area contributed by atoms with Crippen LogP contribution in [0.1, 0.15) is 71.1 Å². The van der Waals surface area contributed by atoms with E-state index in [9.17, 15) is 14.4 Å². The number of rotatable bonds is 7. The number of nitrogens with one attached hydrogen (secondary N) is 2. The number of quaternary nitrogens is 1. The molecule has 3 heterocycles. The normalized spacial score (nSPS) is 44.3. The van der Waals surface area contributed by atoms with E-state index in [4.69, 9.17) is 14.2 Å². The molecule has 10 unspecified atom stereocenters. The van der Waals surface area contributed by atoms with Gasteiger partial charge in [0.05, 0.1) is 36.8 Å². The van der Waals surface area contributed by atoms with Crippen LogP contribution in [0.25, 0.3) is 0 Å². The summed E-state index contributed by atoms with van der Waals surface area (Å²) in [7, 11) is 3.47. The van der Waals surface area contributed by atoms with Gasteiger partial charge in [-0.05, 0) is 69.6 Å². The van der Waals surface area contributed by atoms with E-state index in [0.29, 0.717) is 35.7 Å². The second-order valence-corrected chi connectivity index (χ2v) is 13.3. The highest BCUT2D eigenvalue weighted by molar-refractivity contribution is 5.82. The summed E-state index contributed by atoms with van der Waals surface area (Å²) in [5.74, 6) is 1.44. The van der Waals surface area contributed by atoms with Gasteiger partial charge in [-0.2, -0.15) is 0 Å². The van der Waals surface area contributed by atoms with Crippen molar-refractivity contribution in [1.82, 2.24) is 15.5 Å². The molecule has 6 rings (SSSR count). The molecule has 224 valence electrons. The van der Waals surface area contributed by atoms with E-state index in [1.54, 1.807) is 21.1 Å². The van der Waals surface area contributed by atoms with Gasteiger partial charge in [0.25, 0.3) is 0 Å². The van der Waals surface area contributed by atoms with E-state index in [1.807, 2.05) is 0 Å². The molecule has 0 spiro atoms. The number of hydrogen-bond acceptors (Lipinski definition) is 6. The average molecular weight is 562 g/mol. The van der Waals surface area contributed by atoms with Crippen molar-refractivity contribution in [1.29, 1.82) is 0 Å². The SMILES string of the molecule is COC1CCC2C3[NH2+]CCC4C5CC(OCC(=O)NC6CCC(NC(C)=O)CC6)CCC5N(C(=O)C2C1OC)C43. The van der Waals surface area contributed by atoms with Crippen LogP contribution in [0.5, 0.6) is 0 Å².